The molecule has 142 valence electrons. The smallest absolute Gasteiger partial charge is 0.318 e. The lowest BCUT2D eigenvalue weighted by Crippen LogP contribution is -2.50. The van der Waals surface area contributed by atoms with Gasteiger partial charge in [-0.15, -0.1) is 6.58 Å². The quantitative estimate of drug-likeness (QED) is 0.470. The lowest BCUT2D eigenvalue weighted by Gasteiger charge is -2.51. The number of rotatable bonds is 4. The van der Waals surface area contributed by atoms with E-state index in [0.717, 1.165) is 18.4 Å². The minimum atomic E-state index is -0.642. The molecule has 0 radical (unpaired) electrons. The Morgan fingerprint density at radius 3 is 2.88 bits per heavy atom. The third-order valence-corrected chi connectivity index (χ3v) is 6.43. The Bertz CT molecular complexity index is 678. The largest absolute Gasteiger partial charge is 0.468 e. The molecule has 6 heteroatoms. The van der Waals surface area contributed by atoms with Gasteiger partial charge in [-0.2, -0.15) is 0 Å². The number of methoxy groups -OCH3 is 1. The molecule has 1 heterocycles. The Labute approximate surface area is 153 Å². The highest BCUT2D eigenvalue weighted by atomic mass is 16.7. The van der Waals surface area contributed by atoms with Crippen LogP contribution in [0.3, 0.4) is 0 Å². The molecule has 0 amide bonds. The molecular formula is C20H26O6. The van der Waals surface area contributed by atoms with Gasteiger partial charge < -0.3 is 19.3 Å². The van der Waals surface area contributed by atoms with Crippen LogP contribution in [0.4, 0.5) is 0 Å². The predicted molar refractivity (Wildman–Crippen MR) is 93.1 cm³/mol. The van der Waals surface area contributed by atoms with E-state index in [9.17, 15) is 9.59 Å². The van der Waals surface area contributed by atoms with Crippen molar-refractivity contribution in [3.8, 4) is 0 Å². The average molecular weight is 362 g/mol. The van der Waals surface area contributed by atoms with E-state index in [4.69, 9.17) is 19.3 Å². The highest BCUT2D eigenvalue weighted by molar-refractivity contribution is 5.79. The lowest BCUT2D eigenvalue weighted by atomic mass is 9.52. The second-order valence-electron chi connectivity index (χ2n) is 7.65. The summed E-state index contributed by atoms with van der Waals surface area (Å²) in [7, 11) is 1.45. The van der Waals surface area contributed by atoms with Crippen LogP contribution in [0.25, 0.3) is 0 Å². The number of carbonyl (C=O) groups excluding carboxylic acids is 2. The Hall–Kier alpha value is -2.08. The molecule has 3 aliphatic rings. The minimum Gasteiger partial charge on any atom is -0.468 e. The molecule has 3 rings (SSSR count). The first kappa shape index (κ1) is 18.7. The van der Waals surface area contributed by atoms with Gasteiger partial charge in [-0.3, -0.25) is 9.59 Å². The fraction of sp³-hybridized carbons (Fsp3) is 0.600. The Balaban J connectivity index is 2.12. The van der Waals surface area contributed by atoms with Gasteiger partial charge in [0.1, 0.15) is 0 Å². The van der Waals surface area contributed by atoms with Crippen molar-refractivity contribution in [1.29, 1.82) is 0 Å². The molecule has 0 aromatic rings. The average Bonchev–Trinajstić information content (AvgIpc) is 2.77. The van der Waals surface area contributed by atoms with E-state index in [2.05, 4.69) is 6.58 Å². The standard InChI is InChI=1S/C20H26O6/c1-5-20(3)7-6-13-11(2)14(18(22)25-10-21)8-12-9-15(24-4)26-19(23)17(20)16(12)13/h5,8-9,11,13-14,16-17,21H,1,6-7,10H2,2-4H3/t11-,13-,14-,16?,17-,20?/m0/s1. The summed E-state index contributed by atoms with van der Waals surface area (Å²) in [6, 6.07) is 0. The van der Waals surface area contributed by atoms with E-state index in [1.165, 1.54) is 7.11 Å². The lowest BCUT2D eigenvalue weighted by molar-refractivity contribution is -0.161. The van der Waals surface area contributed by atoms with Crippen molar-refractivity contribution < 1.29 is 28.9 Å². The number of allylic oxidation sites excluding steroid dienone is 3. The zero-order valence-electron chi connectivity index (χ0n) is 15.4. The molecule has 1 saturated carbocycles. The summed E-state index contributed by atoms with van der Waals surface area (Å²) < 4.78 is 15.5. The van der Waals surface area contributed by atoms with Crippen molar-refractivity contribution in [2.75, 3.05) is 13.9 Å². The van der Waals surface area contributed by atoms with Gasteiger partial charge in [0.15, 0.2) is 6.79 Å². The van der Waals surface area contributed by atoms with Crippen LogP contribution in [0.15, 0.2) is 36.3 Å². The molecule has 0 spiro atoms. The number of hydrogen-bond acceptors (Lipinski definition) is 6. The molecule has 1 N–H and O–H groups in total. The summed E-state index contributed by atoms with van der Waals surface area (Å²) >= 11 is 0. The van der Waals surface area contributed by atoms with Crippen LogP contribution in [0.1, 0.15) is 26.7 Å². The molecule has 0 bridgehead atoms. The van der Waals surface area contributed by atoms with Gasteiger partial charge in [0.2, 0.25) is 0 Å². The Morgan fingerprint density at radius 2 is 2.27 bits per heavy atom. The Morgan fingerprint density at radius 1 is 1.54 bits per heavy atom. The van der Waals surface area contributed by atoms with Crippen molar-refractivity contribution in [2.24, 2.45) is 35.0 Å². The highest BCUT2D eigenvalue weighted by Gasteiger charge is 2.55. The fourth-order valence-corrected chi connectivity index (χ4v) is 4.90. The van der Waals surface area contributed by atoms with Crippen molar-refractivity contribution in [3.63, 3.8) is 0 Å². The normalized spacial score (nSPS) is 38.8. The summed E-state index contributed by atoms with van der Waals surface area (Å²) in [4.78, 5) is 25.2. The first-order valence-corrected chi connectivity index (χ1v) is 8.96. The van der Waals surface area contributed by atoms with Crippen LogP contribution >= 0.6 is 0 Å². The molecule has 6 atom stereocenters. The zero-order valence-corrected chi connectivity index (χ0v) is 15.4. The molecule has 1 aliphatic heterocycles. The molecule has 6 nitrogen and oxygen atoms in total. The molecule has 1 fully saturated rings. The molecule has 0 aromatic heterocycles. The Kier molecular flexibility index (Phi) is 4.97. The van der Waals surface area contributed by atoms with E-state index in [-0.39, 0.29) is 41.0 Å². The second kappa shape index (κ2) is 6.91. The van der Waals surface area contributed by atoms with Gasteiger partial charge in [-0.1, -0.05) is 26.0 Å². The number of cyclic esters (lactones) is 1. The van der Waals surface area contributed by atoms with Gasteiger partial charge in [0.05, 0.1) is 18.9 Å². The van der Waals surface area contributed by atoms with E-state index in [1.54, 1.807) is 6.08 Å². The maximum Gasteiger partial charge on any atom is 0.318 e. The number of carbonyl (C=O) groups is 2. The van der Waals surface area contributed by atoms with Crippen LogP contribution in [-0.4, -0.2) is 30.9 Å². The summed E-state index contributed by atoms with van der Waals surface area (Å²) in [5, 5.41) is 8.95. The van der Waals surface area contributed by atoms with Gasteiger partial charge in [0.25, 0.3) is 5.95 Å². The van der Waals surface area contributed by atoms with Crippen molar-refractivity contribution in [3.05, 3.63) is 36.3 Å². The topological polar surface area (TPSA) is 82.1 Å². The number of aliphatic hydroxyl groups excluding tert-OH is 1. The maximum absolute atomic E-state index is 12.9. The van der Waals surface area contributed by atoms with E-state index in [0.29, 0.717) is 0 Å². The van der Waals surface area contributed by atoms with E-state index >= 15 is 0 Å². The minimum absolute atomic E-state index is 0.00930. The maximum atomic E-state index is 12.9. The monoisotopic (exact) mass is 362 g/mol. The number of ether oxygens (including phenoxy) is 3. The first-order chi connectivity index (χ1) is 12.4. The van der Waals surface area contributed by atoms with E-state index in [1.807, 2.05) is 26.0 Å². The summed E-state index contributed by atoms with van der Waals surface area (Å²) in [6.07, 6.45) is 7.05. The van der Waals surface area contributed by atoms with Crippen molar-refractivity contribution in [1.82, 2.24) is 0 Å². The zero-order chi connectivity index (χ0) is 19.1. The summed E-state index contributed by atoms with van der Waals surface area (Å²) in [5.41, 5.74) is 0.473. The molecule has 0 saturated heterocycles. The van der Waals surface area contributed by atoms with Gasteiger partial charge in [-0.05, 0) is 35.7 Å². The molecule has 2 aliphatic carbocycles. The third-order valence-electron chi connectivity index (χ3n) is 6.43. The van der Waals surface area contributed by atoms with Crippen LogP contribution in [-0.2, 0) is 23.8 Å². The number of esters is 2. The number of aliphatic hydroxyl groups is 1. The molecular weight excluding hydrogens is 336 g/mol. The first-order valence-electron chi connectivity index (χ1n) is 8.96. The third kappa shape index (κ3) is 2.86. The van der Waals surface area contributed by atoms with Crippen LogP contribution < -0.4 is 0 Å². The number of hydrogen-bond donors (Lipinski definition) is 1. The summed E-state index contributed by atoms with van der Waals surface area (Å²) in [6.45, 7) is 7.35. The van der Waals surface area contributed by atoms with Crippen molar-refractivity contribution in [2.45, 2.75) is 26.7 Å². The van der Waals surface area contributed by atoms with E-state index < -0.39 is 18.7 Å². The van der Waals surface area contributed by atoms with Gasteiger partial charge in [0, 0.05) is 12.0 Å². The second-order valence-corrected chi connectivity index (χ2v) is 7.65. The summed E-state index contributed by atoms with van der Waals surface area (Å²) in [5.74, 6) is -1.45. The van der Waals surface area contributed by atoms with Crippen LogP contribution in [0.2, 0.25) is 0 Å². The van der Waals surface area contributed by atoms with Crippen molar-refractivity contribution >= 4 is 11.9 Å². The van der Waals surface area contributed by atoms with Gasteiger partial charge >= 0.3 is 11.9 Å². The molecule has 26 heavy (non-hydrogen) atoms. The van der Waals surface area contributed by atoms with Crippen LogP contribution in [0, 0.1) is 35.0 Å². The fourth-order valence-electron chi connectivity index (χ4n) is 4.90. The molecule has 2 unspecified atom stereocenters. The SMILES string of the molecule is C=CC1(C)CC[C@@H]2C3C(=C[C@H](C(=O)OCO)[C@H]2C)C=C(OC)OC(=O)[C@H]31. The predicted octanol–water partition coefficient (Wildman–Crippen LogP) is 2.55. The van der Waals surface area contributed by atoms with Gasteiger partial charge in [-0.25, -0.2) is 0 Å². The molecule has 0 aromatic carbocycles. The van der Waals surface area contributed by atoms with Crippen LogP contribution in [0.5, 0.6) is 0 Å². The highest BCUT2D eigenvalue weighted by Crippen LogP contribution is 2.57.